The van der Waals surface area contributed by atoms with Crippen LogP contribution < -0.4 is 0 Å². The zero-order valence-corrected chi connectivity index (χ0v) is 10.2. The van der Waals surface area contributed by atoms with Crippen molar-refractivity contribution in [3.05, 3.63) is 35.4 Å². The van der Waals surface area contributed by atoms with Crippen LogP contribution in [0.2, 0.25) is 0 Å². The average molecular weight is 253 g/mol. The van der Waals surface area contributed by atoms with E-state index in [0.29, 0.717) is 12.0 Å². The fourth-order valence-electron chi connectivity index (χ4n) is 3.26. The van der Waals surface area contributed by atoms with Gasteiger partial charge in [0.1, 0.15) is 11.6 Å². The van der Waals surface area contributed by atoms with E-state index in [-0.39, 0.29) is 12.3 Å². The predicted molar refractivity (Wildman–Crippen MR) is 64.2 cm³/mol. The van der Waals surface area contributed by atoms with E-state index >= 15 is 0 Å². The van der Waals surface area contributed by atoms with Crippen LogP contribution in [0.4, 0.5) is 8.78 Å². The number of benzene rings is 1. The Hall–Kier alpha value is -1.00. The highest BCUT2D eigenvalue weighted by atomic mass is 19.1. The second kappa shape index (κ2) is 4.28. The van der Waals surface area contributed by atoms with E-state index in [1.165, 1.54) is 12.1 Å². The molecule has 2 aliphatic rings. The Morgan fingerprint density at radius 2 is 2.17 bits per heavy atom. The van der Waals surface area contributed by atoms with E-state index in [1.54, 1.807) is 0 Å². The first-order valence-electron chi connectivity index (χ1n) is 6.45. The van der Waals surface area contributed by atoms with Gasteiger partial charge < -0.3 is 10.0 Å². The molecule has 0 aromatic heterocycles. The Morgan fingerprint density at radius 3 is 2.94 bits per heavy atom. The Bertz CT molecular complexity index is 465. The van der Waals surface area contributed by atoms with Crippen LogP contribution in [0, 0.1) is 17.6 Å². The molecule has 2 aliphatic heterocycles. The number of hydrogen-bond acceptors (Lipinski definition) is 2. The standard InChI is InChI=1S/C14H17F2NO/c15-12-2-1-10(13(16)7-12)8-14(18)4-6-17-5-3-11(14)9-17/h1-2,7,11,18H,3-6,8-9H2. The number of hydrogen-bond donors (Lipinski definition) is 1. The molecule has 1 aromatic rings. The van der Waals surface area contributed by atoms with Gasteiger partial charge in [0.05, 0.1) is 5.60 Å². The van der Waals surface area contributed by atoms with Gasteiger partial charge >= 0.3 is 0 Å². The zero-order valence-electron chi connectivity index (χ0n) is 10.2. The molecule has 3 unspecified atom stereocenters. The van der Waals surface area contributed by atoms with Crippen LogP contribution in [0.15, 0.2) is 18.2 Å². The van der Waals surface area contributed by atoms with Crippen LogP contribution in [0.3, 0.4) is 0 Å². The van der Waals surface area contributed by atoms with Crippen LogP contribution in [0.5, 0.6) is 0 Å². The van der Waals surface area contributed by atoms with Gasteiger partial charge in [0.2, 0.25) is 0 Å². The van der Waals surface area contributed by atoms with E-state index in [2.05, 4.69) is 4.90 Å². The molecule has 3 atom stereocenters. The third-order valence-corrected chi connectivity index (χ3v) is 4.40. The van der Waals surface area contributed by atoms with Crippen molar-refractivity contribution in [2.75, 3.05) is 19.6 Å². The van der Waals surface area contributed by atoms with Crippen LogP contribution in [0.25, 0.3) is 0 Å². The minimum Gasteiger partial charge on any atom is -0.389 e. The normalized spacial score (nSPS) is 34.8. The largest absolute Gasteiger partial charge is 0.389 e. The van der Waals surface area contributed by atoms with E-state index in [1.807, 2.05) is 0 Å². The Morgan fingerprint density at radius 1 is 1.33 bits per heavy atom. The fraction of sp³-hybridized carbons (Fsp3) is 0.571. The molecular weight excluding hydrogens is 236 g/mol. The zero-order chi connectivity index (χ0) is 12.8. The summed E-state index contributed by atoms with van der Waals surface area (Å²) < 4.78 is 26.5. The molecule has 2 heterocycles. The van der Waals surface area contributed by atoms with Gasteiger partial charge in [-0.15, -0.1) is 0 Å². The van der Waals surface area contributed by atoms with Crippen molar-refractivity contribution in [3.63, 3.8) is 0 Å². The maximum absolute atomic E-state index is 13.7. The minimum atomic E-state index is -0.828. The molecule has 0 saturated carbocycles. The van der Waals surface area contributed by atoms with Crippen molar-refractivity contribution in [2.45, 2.75) is 24.9 Å². The minimum absolute atomic E-state index is 0.218. The molecule has 1 aromatic carbocycles. The van der Waals surface area contributed by atoms with Crippen molar-refractivity contribution in [3.8, 4) is 0 Å². The number of fused-ring (bicyclic) bond motifs is 2. The lowest BCUT2D eigenvalue weighted by molar-refractivity contribution is -0.0444. The van der Waals surface area contributed by atoms with E-state index in [4.69, 9.17) is 0 Å². The summed E-state index contributed by atoms with van der Waals surface area (Å²) in [5, 5.41) is 10.7. The first-order chi connectivity index (χ1) is 8.57. The Labute approximate surface area is 105 Å². The molecular formula is C14H17F2NO. The number of halogens is 2. The summed E-state index contributed by atoms with van der Waals surface area (Å²) in [7, 11) is 0. The Kier molecular flexibility index (Phi) is 2.87. The molecule has 0 aliphatic carbocycles. The number of aliphatic hydroxyl groups is 1. The monoisotopic (exact) mass is 253 g/mol. The first kappa shape index (κ1) is 12.1. The lowest BCUT2D eigenvalue weighted by Crippen LogP contribution is -2.48. The second-order valence-electron chi connectivity index (χ2n) is 5.55. The number of nitrogens with zero attached hydrogens (tertiary/aromatic N) is 1. The highest BCUT2D eigenvalue weighted by molar-refractivity contribution is 5.21. The lowest BCUT2D eigenvalue weighted by atomic mass is 9.78. The smallest absolute Gasteiger partial charge is 0.129 e. The molecule has 3 rings (SSSR count). The summed E-state index contributed by atoms with van der Waals surface area (Å²) in [6, 6.07) is 3.60. The molecule has 0 amide bonds. The first-order valence-corrected chi connectivity index (χ1v) is 6.45. The maximum Gasteiger partial charge on any atom is 0.129 e. The topological polar surface area (TPSA) is 23.5 Å². The number of piperidine rings is 1. The van der Waals surface area contributed by atoms with Crippen molar-refractivity contribution >= 4 is 0 Å². The summed E-state index contributed by atoms with van der Waals surface area (Å²) in [6.07, 6.45) is 1.94. The van der Waals surface area contributed by atoms with Gasteiger partial charge in [0.15, 0.2) is 0 Å². The van der Waals surface area contributed by atoms with Gasteiger partial charge in [-0.2, -0.15) is 0 Å². The fourth-order valence-corrected chi connectivity index (χ4v) is 3.26. The molecule has 2 bridgehead atoms. The van der Waals surface area contributed by atoms with Crippen molar-refractivity contribution in [1.29, 1.82) is 0 Å². The van der Waals surface area contributed by atoms with E-state index in [9.17, 15) is 13.9 Å². The quantitative estimate of drug-likeness (QED) is 0.871. The van der Waals surface area contributed by atoms with Gasteiger partial charge in [-0.05, 0) is 31.0 Å². The van der Waals surface area contributed by atoms with Crippen molar-refractivity contribution in [2.24, 2.45) is 5.92 Å². The molecule has 4 heteroatoms. The van der Waals surface area contributed by atoms with E-state index in [0.717, 1.165) is 32.1 Å². The predicted octanol–water partition coefficient (Wildman–Crippen LogP) is 1.96. The Balaban J connectivity index is 1.82. The van der Waals surface area contributed by atoms with Gasteiger partial charge in [0, 0.05) is 31.5 Å². The molecule has 2 nitrogen and oxygen atoms in total. The highest BCUT2D eigenvalue weighted by Crippen LogP contribution is 2.38. The molecule has 0 spiro atoms. The molecule has 2 fully saturated rings. The van der Waals surface area contributed by atoms with Crippen LogP contribution in [0.1, 0.15) is 18.4 Å². The lowest BCUT2D eigenvalue weighted by Gasteiger charge is -2.39. The van der Waals surface area contributed by atoms with Gasteiger partial charge in [-0.25, -0.2) is 8.78 Å². The molecule has 0 radical (unpaired) electrons. The summed E-state index contributed by atoms with van der Waals surface area (Å²) >= 11 is 0. The average Bonchev–Trinajstić information content (AvgIpc) is 2.74. The summed E-state index contributed by atoms with van der Waals surface area (Å²) in [4.78, 5) is 2.33. The molecule has 18 heavy (non-hydrogen) atoms. The molecule has 2 saturated heterocycles. The summed E-state index contributed by atoms with van der Waals surface area (Å²) in [5.41, 5.74) is -0.412. The summed E-state index contributed by atoms with van der Waals surface area (Å²) in [6.45, 7) is 2.80. The van der Waals surface area contributed by atoms with Gasteiger partial charge in [-0.1, -0.05) is 6.07 Å². The SMILES string of the molecule is OC1(Cc2ccc(F)cc2F)CCN2CCC1C2. The van der Waals surface area contributed by atoms with Gasteiger partial charge in [-0.3, -0.25) is 0 Å². The number of rotatable bonds is 2. The van der Waals surface area contributed by atoms with Gasteiger partial charge in [0.25, 0.3) is 0 Å². The molecule has 98 valence electrons. The maximum atomic E-state index is 13.7. The van der Waals surface area contributed by atoms with Crippen LogP contribution >= 0.6 is 0 Å². The summed E-state index contributed by atoms with van der Waals surface area (Å²) in [5.74, 6) is -0.904. The highest BCUT2D eigenvalue weighted by Gasteiger charge is 2.44. The van der Waals surface area contributed by atoms with Crippen LogP contribution in [-0.2, 0) is 6.42 Å². The molecule has 1 N–H and O–H groups in total. The third kappa shape index (κ3) is 2.04. The second-order valence-corrected chi connectivity index (χ2v) is 5.55. The van der Waals surface area contributed by atoms with E-state index < -0.39 is 17.2 Å². The van der Waals surface area contributed by atoms with Crippen molar-refractivity contribution in [1.82, 2.24) is 4.90 Å². The van der Waals surface area contributed by atoms with Crippen LogP contribution in [-0.4, -0.2) is 35.2 Å². The van der Waals surface area contributed by atoms with Crippen molar-refractivity contribution < 1.29 is 13.9 Å². The third-order valence-electron chi connectivity index (χ3n) is 4.40.